The fourth-order valence-electron chi connectivity index (χ4n) is 1.84. The van der Waals surface area contributed by atoms with Gasteiger partial charge in [-0.15, -0.1) is 0 Å². The van der Waals surface area contributed by atoms with Crippen LogP contribution in [0, 0.1) is 6.92 Å². The number of nitrogens with one attached hydrogen (secondary N) is 2. The van der Waals surface area contributed by atoms with E-state index in [1.54, 1.807) is 0 Å². The Bertz CT molecular complexity index is 406. The maximum atomic E-state index is 11.0. The van der Waals surface area contributed by atoms with Crippen LogP contribution >= 0.6 is 15.9 Å². The third-order valence-corrected chi connectivity index (χ3v) is 3.44. The number of hydrogen-bond acceptors (Lipinski definition) is 2. The van der Waals surface area contributed by atoms with Crippen molar-refractivity contribution < 1.29 is 4.79 Å². The molecule has 3 nitrogen and oxygen atoms in total. The molecule has 1 atom stereocenters. The molecule has 2 rings (SSSR count). The quantitative estimate of drug-likeness (QED) is 0.894. The molecule has 1 aliphatic heterocycles. The minimum atomic E-state index is 0.162. The number of amides is 1. The van der Waals surface area contributed by atoms with Crippen LogP contribution in [0.1, 0.15) is 18.4 Å². The van der Waals surface area contributed by atoms with Crippen molar-refractivity contribution in [1.29, 1.82) is 0 Å². The lowest BCUT2D eigenvalue weighted by Crippen LogP contribution is -2.31. The van der Waals surface area contributed by atoms with Gasteiger partial charge in [0, 0.05) is 29.2 Å². The molecule has 1 saturated heterocycles. The normalized spacial score (nSPS) is 19.6. The van der Waals surface area contributed by atoms with Gasteiger partial charge in [0.2, 0.25) is 5.91 Å². The Morgan fingerprint density at radius 3 is 3.06 bits per heavy atom. The van der Waals surface area contributed by atoms with Crippen molar-refractivity contribution in [3.8, 4) is 0 Å². The summed E-state index contributed by atoms with van der Waals surface area (Å²) in [6.45, 7) is 2.85. The standard InChI is InChI=1S/C12H15BrN2O/c1-8-2-4-10(13)11(6-8)14-7-9-3-5-12(16)15-9/h2,4,6,9,14H,3,5,7H2,1H3,(H,15,16). The lowest BCUT2D eigenvalue weighted by molar-refractivity contribution is -0.119. The fourth-order valence-corrected chi connectivity index (χ4v) is 2.22. The van der Waals surface area contributed by atoms with Gasteiger partial charge in [0.25, 0.3) is 0 Å². The smallest absolute Gasteiger partial charge is 0.220 e. The molecule has 16 heavy (non-hydrogen) atoms. The molecule has 0 bridgehead atoms. The predicted molar refractivity (Wildman–Crippen MR) is 68.5 cm³/mol. The van der Waals surface area contributed by atoms with Crippen molar-refractivity contribution in [2.75, 3.05) is 11.9 Å². The van der Waals surface area contributed by atoms with E-state index < -0.39 is 0 Å². The van der Waals surface area contributed by atoms with Crippen molar-refractivity contribution in [3.05, 3.63) is 28.2 Å². The maximum absolute atomic E-state index is 11.0. The van der Waals surface area contributed by atoms with Crippen molar-refractivity contribution >= 4 is 27.5 Å². The van der Waals surface area contributed by atoms with E-state index in [0.717, 1.165) is 23.1 Å². The predicted octanol–water partition coefficient (Wildman–Crippen LogP) is 2.45. The number of halogens is 1. The summed E-state index contributed by atoms with van der Waals surface area (Å²) in [6.07, 6.45) is 1.58. The Kier molecular flexibility index (Phi) is 3.49. The molecular weight excluding hydrogens is 268 g/mol. The zero-order chi connectivity index (χ0) is 11.5. The Labute approximate surface area is 104 Å². The van der Waals surface area contributed by atoms with E-state index in [9.17, 15) is 4.79 Å². The molecule has 86 valence electrons. The second-order valence-electron chi connectivity index (χ2n) is 4.17. The van der Waals surface area contributed by atoms with Gasteiger partial charge in [-0.1, -0.05) is 6.07 Å². The van der Waals surface area contributed by atoms with Crippen LogP contribution in [0.2, 0.25) is 0 Å². The van der Waals surface area contributed by atoms with Crippen LogP contribution in [0.15, 0.2) is 22.7 Å². The second kappa shape index (κ2) is 4.87. The Balaban J connectivity index is 1.94. The zero-order valence-electron chi connectivity index (χ0n) is 9.22. The molecule has 0 radical (unpaired) electrons. The first kappa shape index (κ1) is 11.5. The highest BCUT2D eigenvalue weighted by atomic mass is 79.9. The zero-order valence-corrected chi connectivity index (χ0v) is 10.8. The Morgan fingerprint density at radius 1 is 1.56 bits per heavy atom. The highest BCUT2D eigenvalue weighted by Gasteiger charge is 2.20. The number of hydrogen-bond donors (Lipinski definition) is 2. The van der Waals surface area contributed by atoms with Crippen LogP contribution in [0.5, 0.6) is 0 Å². The summed E-state index contributed by atoms with van der Waals surface area (Å²) >= 11 is 3.50. The summed E-state index contributed by atoms with van der Waals surface area (Å²) in [6, 6.07) is 6.46. The highest BCUT2D eigenvalue weighted by Crippen LogP contribution is 2.23. The average molecular weight is 283 g/mol. The number of carbonyl (C=O) groups excluding carboxylic acids is 1. The molecule has 0 aliphatic carbocycles. The second-order valence-corrected chi connectivity index (χ2v) is 5.02. The molecule has 1 fully saturated rings. The van der Waals surface area contributed by atoms with E-state index in [0.29, 0.717) is 6.42 Å². The van der Waals surface area contributed by atoms with Gasteiger partial charge in [-0.25, -0.2) is 0 Å². The molecule has 1 aliphatic rings. The first-order valence-electron chi connectivity index (χ1n) is 5.44. The summed E-state index contributed by atoms with van der Waals surface area (Å²) in [7, 11) is 0. The number of benzene rings is 1. The van der Waals surface area contributed by atoms with Crippen LogP contribution in [0.4, 0.5) is 5.69 Å². The number of carbonyl (C=O) groups is 1. The first-order chi connectivity index (χ1) is 7.65. The molecule has 1 aromatic rings. The molecule has 0 aromatic heterocycles. The molecule has 1 amide bonds. The van der Waals surface area contributed by atoms with E-state index in [-0.39, 0.29) is 11.9 Å². The van der Waals surface area contributed by atoms with Gasteiger partial charge in [-0.3, -0.25) is 4.79 Å². The summed E-state index contributed by atoms with van der Waals surface area (Å²) in [5.74, 6) is 0.162. The third-order valence-electron chi connectivity index (χ3n) is 2.75. The van der Waals surface area contributed by atoms with Crippen molar-refractivity contribution in [2.45, 2.75) is 25.8 Å². The molecule has 0 saturated carbocycles. The molecule has 4 heteroatoms. The van der Waals surface area contributed by atoms with Gasteiger partial charge in [0.05, 0.1) is 0 Å². The summed E-state index contributed by atoms with van der Waals surface area (Å²) in [4.78, 5) is 11.0. The minimum absolute atomic E-state index is 0.162. The van der Waals surface area contributed by atoms with Gasteiger partial charge in [-0.05, 0) is 47.0 Å². The van der Waals surface area contributed by atoms with Gasteiger partial charge in [-0.2, -0.15) is 0 Å². The van der Waals surface area contributed by atoms with E-state index in [4.69, 9.17) is 0 Å². The average Bonchev–Trinajstić information content (AvgIpc) is 2.66. The van der Waals surface area contributed by atoms with Crippen LogP contribution in [-0.2, 0) is 4.79 Å². The van der Waals surface area contributed by atoms with Crippen molar-refractivity contribution in [2.24, 2.45) is 0 Å². The number of rotatable bonds is 3. The summed E-state index contributed by atoms with van der Waals surface area (Å²) < 4.78 is 1.06. The summed E-state index contributed by atoms with van der Waals surface area (Å²) in [5, 5.41) is 6.30. The van der Waals surface area contributed by atoms with E-state index >= 15 is 0 Å². The largest absolute Gasteiger partial charge is 0.382 e. The van der Waals surface area contributed by atoms with Crippen molar-refractivity contribution in [3.63, 3.8) is 0 Å². The number of aryl methyl sites for hydroxylation is 1. The van der Waals surface area contributed by atoms with E-state index in [2.05, 4.69) is 45.6 Å². The molecule has 2 N–H and O–H groups in total. The van der Waals surface area contributed by atoms with Gasteiger partial charge < -0.3 is 10.6 Å². The molecule has 0 spiro atoms. The fraction of sp³-hybridized carbons (Fsp3) is 0.417. The summed E-state index contributed by atoms with van der Waals surface area (Å²) in [5.41, 5.74) is 2.31. The molecule has 1 unspecified atom stereocenters. The topological polar surface area (TPSA) is 41.1 Å². The van der Waals surface area contributed by atoms with Gasteiger partial charge in [0.1, 0.15) is 0 Å². The Hall–Kier alpha value is -1.03. The molecular formula is C12H15BrN2O. The maximum Gasteiger partial charge on any atom is 0.220 e. The third kappa shape index (κ3) is 2.76. The molecule has 1 aromatic carbocycles. The lowest BCUT2D eigenvalue weighted by Gasteiger charge is -2.14. The van der Waals surface area contributed by atoms with Gasteiger partial charge >= 0.3 is 0 Å². The van der Waals surface area contributed by atoms with Crippen LogP contribution < -0.4 is 10.6 Å². The minimum Gasteiger partial charge on any atom is -0.382 e. The van der Waals surface area contributed by atoms with Crippen LogP contribution in [0.3, 0.4) is 0 Å². The highest BCUT2D eigenvalue weighted by molar-refractivity contribution is 9.10. The van der Waals surface area contributed by atoms with Gasteiger partial charge in [0.15, 0.2) is 0 Å². The van der Waals surface area contributed by atoms with E-state index in [1.807, 2.05) is 6.07 Å². The van der Waals surface area contributed by atoms with Crippen LogP contribution in [-0.4, -0.2) is 18.5 Å². The molecule has 1 heterocycles. The lowest BCUT2D eigenvalue weighted by atomic mass is 10.2. The SMILES string of the molecule is Cc1ccc(Br)c(NCC2CCC(=O)N2)c1. The van der Waals surface area contributed by atoms with E-state index in [1.165, 1.54) is 5.56 Å². The monoisotopic (exact) mass is 282 g/mol. The van der Waals surface area contributed by atoms with Crippen LogP contribution in [0.25, 0.3) is 0 Å². The van der Waals surface area contributed by atoms with Crippen molar-refractivity contribution in [1.82, 2.24) is 5.32 Å². The Morgan fingerprint density at radius 2 is 2.38 bits per heavy atom. The first-order valence-corrected chi connectivity index (χ1v) is 6.24. The number of anilines is 1.